The summed E-state index contributed by atoms with van der Waals surface area (Å²) in [6.07, 6.45) is 0.724. The van der Waals surface area contributed by atoms with Crippen molar-refractivity contribution in [3.63, 3.8) is 0 Å². The monoisotopic (exact) mass is 284 g/mol. The standard InChI is InChI=1S/C13H24N4O3/c1-8(2)5-9-12(20)17(13(3,4)16-9)7-11(19)15-6-10(14)18/h8-9,16H,5-7H2,1-4H3,(H2,14,18)(H,15,19). The molecule has 7 heteroatoms. The number of nitrogens with one attached hydrogen (secondary N) is 2. The third-order valence-corrected chi connectivity index (χ3v) is 3.23. The van der Waals surface area contributed by atoms with Crippen LogP contribution in [0.5, 0.6) is 0 Å². The number of rotatable bonds is 6. The Hall–Kier alpha value is -1.63. The molecule has 0 bridgehead atoms. The highest BCUT2D eigenvalue weighted by Crippen LogP contribution is 2.24. The average molecular weight is 284 g/mol. The van der Waals surface area contributed by atoms with Gasteiger partial charge in [0.15, 0.2) is 0 Å². The van der Waals surface area contributed by atoms with E-state index in [4.69, 9.17) is 5.73 Å². The zero-order chi connectivity index (χ0) is 15.5. The van der Waals surface area contributed by atoms with Crippen molar-refractivity contribution in [2.75, 3.05) is 13.1 Å². The van der Waals surface area contributed by atoms with Gasteiger partial charge in [-0.05, 0) is 26.2 Å². The highest BCUT2D eigenvalue weighted by atomic mass is 16.2. The van der Waals surface area contributed by atoms with Gasteiger partial charge in [0, 0.05) is 0 Å². The number of hydrogen-bond acceptors (Lipinski definition) is 4. The van der Waals surface area contributed by atoms with Crippen LogP contribution in [0.15, 0.2) is 0 Å². The van der Waals surface area contributed by atoms with Crippen LogP contribution in [0.3, 0.4) is 0 Å². The van der Waals surface area contributed by atoms with Crippen molar-refractivity contribution in [3.05, 3.63) is 0 Å². The summed E-state index contributed by atoms with van der Waals surface area (Å²) < 4.78 is 0. The highest BCUT2D eigenvalue weighted by Gasteiger charge is 2.44. The molecule has 0 aromatic carbocycles. The van der Waals surface area contributed by atoms with Gasteiger partial charge >= 0.3 is 0 Å². The molecule has 1 saturated heterocycles. The molecule has 0 aromatic rings. The van der Waals surface area contributed by atoms with Crippen LogP contribution in [0.2, 0.25) is 0 Å². The summed E-state index contributed by atoms with van der Waals surface area (Å²) in [6.45, 7) is 7.50. The molecule has 0 aliphatic carbocycles. The van der Waals surface area contributed by atoms with Gasteiger partial charge in [0.05, 0.1) is 18.2 Å². The number of primary amides is 1. The second-order valence-electron chi connectivity index (χ2n) is 6.05. The van der Waals surface area contributed by atoms with Gasteiger partial charge in [0.2, 0.25) is 17.7 Å². The topological polar surface area (TPSA) is 105 Å². The summed E-state index contributed by atoms with van der Waals surface area (Å²) in [6, 6.07) is -0.269. The zero-order valence-corrected chi connectivity index (χ0v) is 12.5. The van der Waals surface area contributed by atoms with Gasteiger partial charge in [-0.2, -0.15) is 0 Å². The number of nitrogens with zero attached hydrogens (tertiary/aromatic N) is 1. The van der Waals surface area contributed by atoms with Gasteiger partial charge in [-0.25, -0.2) is 0 Å². The summed E-state index contributed by atoms with van der Waals surface area (Å²) in [5, 5.41) is 5.62. The molecule has 1 atom stereocenters. The maximum Gasteiger partial charge on any atom is 0.241 e. The SMILES string of the molecule is CC(C)CC1NC(C)(C)N(CC(=O)NCC(N)=O)C1=O. The molecular formula is C13H24N4O3. The summed E-state index contributed by atoms with van der Waals surface area (Å²) in [4.78, 5) is 36.2. The van der Waals surface area contributed by atoms with Crippen molar-refractivity contribution in [1.29, 1.82) is 0 Å². The van der Waals surface area contributed by atoms with Gasteiger partial charge in [0.1, 0.15) is 6.54 Å². The highest BCUT2D eigenvalue weighted by molar-refractivity contribution is 5.91. The van der Waals surface area contributed by atoms with E-state index in [-0.39, 0.29) is 25.0 Å². The maximum atomic E-state index is 12.3. The van der Waals surface area contributed by atoms with E-state index in [2.05, 4.69) is 10.6 Å². The molecule has 4 N–H and O–H groups in total. The van der Waals surface area contributed by atoms with E-state index in [9.17, 15) is 14.4 Å². The molecule has 1 rings (SSSR count). The van der Waals surface area contributed by atoms with E-state index < -0.39 is 17.5 Å². The van der Waals surface area contributed by atoms with E-state index >= 15 is 0 Å². The van der Waals surface area contributed by atoms with E-state index in [0.717, 1.165) is 6.42 Å². The van der Waals surface area contributed by atoms with Gasteiger partial charge in [-0.1, -0.05) is 13.8 Å². The third kappa shape index (κ3) is 4.19. The molecule has 114 valence electrons. The molecule has 1 unspecified atom stereocenters. The molecule has 1 fully saturated rings. The largest absolute Gasteiger partial charge is 0.368 e. The Kier molecular flexibility index (Phi) is 5.10. The lowest BCUT2D eigenvalue weighted by Crippen LogP contribution is -2.51. The number of carbonyl (C=O) groups excluding carboxylic acids is 3. The molecule has 3 amide bonds. The molecule has 1 aliphatic rings. The first-order chi connectivity index (χ1) is 9.13. The normalized spacial score (nSPS) is 21.4. The fourth-order valence-electron chi connectivity index (χ4n) is 2.32. The van der Waals surface area contributed by atoms with E-state index in [0.29, 0.717) is 5.92 Å². The molecule has 7 nitrogen and oxygen atoms in total. The predicted octanol–water partition coefficient (Wildman–Crippen LogP) is -0.829. The van der Waals surface area contributed by atoms with Crippen LogP contribution in [0, 0.1) is 5.92 Å². The number of hydrogen-bond donors (Lipinski definition) is 3. The molecule has 0 aromatic heterocycles. The summed E-state index contributed by atoms with van der Waals surface area (Å²) in [5.74, 6) is -0.702. The van der Waals surface area contributed by atoms with Crippen molar-refractivity contribution < 1.29 is 14.4 Å². The smallest absolute Gasteiger partial charge is 0.241 e. The fraction of sp³-hybridized carbons (Fsp3) is 0.769. The second-order valence-corrected chi connectivity index (χ2v) is 6.05. The Morgan fingerprint density at radius 3 is 2.55 bits per heavy atom. The molecule has 0 saturated carbocycles. The van der Waals surface area contributed by atoms with E-state index in [1.54, 1.807) is 0 Å². The van der Waals surface area contributed by atoms with Crippen molar-refractivity contribution in [2.24, 2.45) is 11.7 Å². The van der Waals surface area contributed by atoms with Crippen LogP contribution in [0.1, 0.15) is 34.1 Å². The van der Waals surface area contributed by atoms with Crippen LogP contribution in [-0.4, -0.2) is 47.4 Å². The van der Waals surface area contributed by atoms with Gasteiger partial charge in [-0.15, -0.1) is 0 Å². The minimum atomic E-state index is -0.610. The molecule has 0 radical (unpaired) electrons. The van der Waals surface area contributed by atoms with Gasteiger partial charge in [-0.3, -0.25) is 19.7 Å². The number of amides is 3. The van der Waals surface area contributed by atoms with Gasteiger partial charge in [0.25, 0.3) is 0 Å². The van der Waals surface area contributed by atoms with Crippen LogP contribution >= 0.6 is 0 Å². The van der Waals surface area contributed by atoms with Crippen molar-refractivity contribution >= 4 is 17.7 Å². The Labute approximate surface area is 119 Å². The first-order valence-corrected chi connectivity index (χ1v) is 6.77. The quantitative estimate of drug-likeness (QED) is 0.592. The Morgan fingerprint density at radius 2 is 2.05 bits per heavy atom. The van der Waals surface area contributed by atoms with Crippen LogP contribution in [-0.2, 0) is 14.4 Å². The number of carbonyl (C=O) groups is 3. The van der Waals surface area contributed by atoms with Gasteiger partial charge < -0.3 is 16.0 Å². The number of nitrogens with two attached hydrogens (primary N) is 1. The van der Waals surface area contributed by atoms with Crippen molar-refractivity contribution in [1.82, 2.24) is 15.5 Å². The lowest BCUT2D eigenvalue weighted by Gasteiger charge is -2.30. The summed E-state index contributed by atoms with van der Waals surface area (Å²) >= 11 is 0. The van der Waals surface area contributed by atoms with Crippen LogP contribution in [0.25, 0.3) is 0 Å². The average Bonchev–Trinajstić information content (AvgIpc) is 2.49. The van der Waals surface area contributed by atoms with Crippen LogP contribution < -0.4 is 16.4 Å². The first kappa shape index (κ1) is 16.4. The molecule has 20 heavy (non-hydrogen) atoms. The van der Waals surface area contributed by atoms with Crippen molar-refractivity contribution in [2.45, 2.75) is 45.8 Å². The molecule has 0 spiro atoms. The summed E-state index contributed by atoms with van der Waals surface area (Å²) in [7, 11) is 0. The Balaban J connectivity index is 2.66. The predicted molar refractivity (Wildman–Crippen MR) is 74.4 cm³/mol. The first-order valence-electron chi connectivity index (χ1n) is 6.77. The molecule has 1 heterocycles. The van der Waals surface area contributed by atoms with Crippen LogP contribution in [0.4, 0.5) is 0 Å². The minimum absolute atomic E-state index is 0.0826. The fourth-order valence-corrected chi connectivity index (χ4v) is 2.32. The van der Waals surface area contributed by atoms with E-state index in [1.807, 2.05) is 27.7 Å². The molecular weight excluding hydrogens is 260 g/mol. The minimum Gasteiger partial charge on any atom is -0.368 e. The van der Waals surface area contributed by atoms with E-state index in [1.165, 1.54) is 4.90 Å². The second kappa shape index (κ2) is 6.21. The van der Waals surface area contributed by atoms with Crippen molar-refractivity contribution in [3.8, 4) is 0 Å². The lowest BCUT2D eigenvalue weighted by atomic mass is 10.0. The summed E-state index contributed by atoms with van der Waals surface area (Å²) in [5.41, 5.74) is 4.38. The maximum absolute atomic E-state index is 12.3. The zero-order valence-electron chi connectivity index (χ0n) is 12.5. The Bertz CT molecular complexity index is 406. The Morgan fingerprint density at radius 1 is 1.45 bits per heavy atom. The third-order valence-electron chi connectivity index (χ3n) is 3.23. The lowest BCUT2D eigenvalue weighted by molar-refractivity contribution is -0.137. The molecule has 1 aliphatic heterocycles.